The molecule has 3 rings (SSSR count). The summed E-state index contributed by atoms with van der Waals surface area (Å²) in [6, 6.07) is 1.96. The summed E-state index contributed by atoms with van der Waals surface area (Å²) in [6.45, 7) is 2.63. The quantitative estimate of drug-likeness (QED) is 0.836. The molecule has 0 unspecified atom stereocenters. The lowest BCUT2D eigenvalue weighted by atomic mass is 10.2. The van der Waals surface area contributed by atoms with Gasteiger partial charge in [0.05, 0.1) is 12.6 Å². The first-order valence-electron chi connectivity index (χ1n) is 6.59. The van der Waals surface area contributed by atoms with E-state index in [1.807, 2.05) is 16.9 Å². The average molecular weight is 276 g/mol. The molecule has 0 spiro atoms. The molecule has 8 heteroatoms. The number of likely N-dealkylation sites (tertiary alicyclic amines) is 1. The van der Waals surface area contributed by atoms with Crippen molar-refractivity contribution in [1.29, 1.82) is 0 Å². The van der Waals surface area contributed by atoms with E-state index < -0.39 is 5.91 Å². The number of carbonyl (C=O) groups excluding carboxylic acids is 1. The van der Waals surface area contributed by atoms with Crippen LogP contribution in [0, 0.1) is 0 Å². The van der Waals surface area contributed by atoms with Crippen molar-refractivity contribution in [3.63, 3.8) is 0 Å². The van der Waals surface area contributed by atoms with Gasteiger partial charge in [-0.25, -0.2) is 0 Å². The molecular formula is C12H16N6O2. The molecule has 1 aliphatic rings. The molecule has 1 saturated heterocycles. The number of primary amides is 1. The van der Waals surface area contributed by atoms with Crippen LogP contribution in [-0.2, 0) is 6.54 Å². The van der Waals surface area contributed by atoms with E-state index in [2.05, 4.69) is 20.1 Å². The molecule has 1 amide bonds. The van der Waals surface area contributed by atoms with Crippen LogP contribution in [0.15, 0.2) is 23.0 Å². The van der Waals surface area contributed by atoms with Gasteiger partial charge in [-0.3, -0.25) is 14.4 Å². The van der Waals surface area contributed by atoms with E-state index in [4.69, 9.17) is 10.3 Å². The smallest absolute Gasteiger partial charge is 0.290 e. The van der Waals surface area contributed by atoms with Gasteiger partial charge in [0, 0.05) is 18.9 Å². The van der Waals surface area contributed by atoms with Crippen molar-refractivity contribution in [2.24, 2.45) is 5.73 Å². The summed E-state index contributed by atoms with van der Waals surface area (Å²) in [5, 5.41) is 7.78. The summed E-state index contributed by atoms with van der Waals surface area (Å²) in [6.07, 6.45) is 5.71. The van der Waals surface area contributed by atoms with Crippen LogP contribution >= 0.6 is 0 Å². The van der Waals surface area contributed by atoms with Gasteiger partial charge in [-0.05, 0) is 25.5 Å². The minimum absolute atomic E-state index is 0.0565. The van der Waals surface area contributed by atoms with Crippen molar-refractivity contribution in [1.82, 2.24) is 24.8 Å². The van der Waals surface area contributed by atoms with Crippen LogP contribution in [0.25, 0.3) is 0 Å². The molecule has 0 radical (unpaired) electrons. The second kappa shape index (κ2) is 5.41. The molecule has 1 atom stereocenters. The molecule has 3 heterocycles. The molecule has 20 heavy (non-hydrogen) atoms. The van der Waals surface area contributed by atoms with Crippen molar-refractivity contribution in [2.75, 3.05) is 13.1 Å². The van der Waals surface area contributed by atoms with Crippen LogP contribution in [0.2, 0.25) is 0 Å². The van der Waals surface area contributed by atoms with E-state index in [-0.39, 0.29) is 11.9 Å². The van der Waals surface area contributed by atoms with E-state index in [1.54, 1.807) is 6.20 Å². The van der Waals surface area contributed by atoms with Crippen molar-refractivity contribution >= 4 is 5.91 Å². The van der Waals surface area contributed by atoms with Crippen LogP contribution in [0.4, 0.5) is 0 Å². The summed E-state index contributed by atoms with van der Waals surface area (Å²) >= 11 is 0. The predicted octanol–water partition coefficient (Wildman–Crippen LogP) is 0.202. The topological polar surface area (TPSA) is 103 Å². The highest BCUT2D eigenvalue weighted by Crippen LogP contribution is 2.30. The first-order chi connectivity index (χ1) is 9.74. The van der Waals surface area contributed by atoms with Crippen molar-refractivity contribution in [2.45, 2.75) is 25.4 Å². The standard InChI is InChI=1S/C12H16N6O2/c13-10(19)11-15-12(20-16-11)9-3-1-5-17(9)7-8-18-6-2-4-14-18/h2,4,6,9H,1,3,5,7-8H2,(H2,13,19)/t9-/m0/s1. The predicted molar refractivity (Wildman–Crippen MR) is 68.6 cm³/mol. The summed E-state index contributed by atoms with van der Waals surface area (Å²) in [5.41, 5.74) is 5.13. The van der Waals surface area contributed by atoms with Crippen molar-refractivity contribution < 1.29 is 9.32 Å². The molecule has 2 N–H and O–H groups in total. The van der Waals surface area contributed by atoms with Crippen LogP contribution < -0.4 is 5.73 Å². The van der Waals surface area contributed by atoms with E-state index in [0.717, 1.165) is 32.5 Å². The number of aromatic nitrogens is 4. The lowest BCUT2D eigenvalue weighted by Gasteiger charge is -2.21. The van der Waals surface area contributed by atoms with Gasteiger partial charge in [-0.15, -0.1) is 0 Å². The third kappa shape index (κ3) is 2.55. The highest BCUT2D eigenvalue weighted by molar-refractivity contribution is 5.88. The molecule has 0 saturated carbocycles. The molecule has 0 aliphatic carbocycles. The van der Waals surface area contributed by atoms with Gasteiger partial charge in [0.1, 0.15) is 0 Å². The number of hydrogen-bond donors (Lipinski definition) is 1. The minimum atomic E-state index is -0.666. The number of nitrogens with zero attached hydrogens (tertiary/aromatic N) is 5. The third-order valence-corrected chi connectivity index (χ3v) is 3.49. The second-order valence-corrected chi connectivity index (χ2v) is 4.78. The Morgan fingerprint density at radius 3 is 3.10 bits per heavy atom. The second-order valence-electron chi connectivity index (χ2n) is 4.78. The van der Waals surface area contributed by atoms with E-state index >= 15 is 0 Å². The zero-order chi connectivity index (χ0) is 13.9. The Kier molecular flexibility index (Phi) is 3.46. The van der Waals surface area contributed by atoms with Crippen LogP contribution in [-0.4, -0.2) is 43.8 Å². The van der Waals surface area contributed by atoms with Crippen LogP contribution in [0.1, 0.15) is 35.4 Å². The number of amides is 1. The Morgan fingerprint density at radius 2 is 2.40 bits per heavy atom. The highest BCUT2D eigenvalue weighted by atomic mass is 16.5. The van der Waals surface area contributed by atoms with Gasteiger partial charge in [-0.2, -0.15) is 10.1 Å². The minimum Gasteiger partial charge on any atom is -0.363 e. The Bertz CT molecular complexity index is 579. The van der Waals surface area contributed by atoms with Crippen molar-refractivity contribution in [3.05, 3.63) is 30.2 Å². The fourth-order valence-electron chi connectivity index (χ4n) is 2.51. The van der Waals surface area contributed by atoms with Gasteiger partial charge in [-0.1, -0.05) is 5.16 Å². The van der Waals surface area contributed by atoms with Gasteiger partial charge in [0.2, 0.25) is 5.89 Å². The highest BCUT2D eigenvalue weighted by Gasteiger charge is 2.30. The number of hydrogen-bond acceptors (Lipinski definition) is 6. The maximum atomic E-state index is 11.0. The van der Waals surface area contributed by atoms with E-state index in [0.29, 0.717) is 5.89 Å². The lowest BCUT2D eigenvalue weighted by Crippen LogP contribution is -2.27. The monoisotopic (exact) mass is 276 g/mol. The van der Waals surface area contributed by atoms with Gasteiger partial charge in [0.25, 0.3) is 11.7 Å². The summed E-state index contributed by atoms with van der Waals surface area (Å²) < 4.78 is 7.04. The fourth-order valence-corrected chi connectivity index (χ4v) is 2.51. The first-order valence-corrected chi connectivity index (χ1v) is 6.59. The van der Waals surface area contributed by atoms with Gasteiger partial charge < -0.3 is 10.3 Å². The first kappa shape index (κ1) is 12.8. The molecule has 0 bridgehead atoms. The molecule has 1 fully saturated rings. The number of carbonyl (C=O) groups is 1. The van der Waals surface area contributed by atoms with E-state index in [9.17, 15) is 4.79 Å². The van der Waals surface area contributed by atoms with Crippen molar-refractivity contribution in [3.8, 4) is 0 Å². The Balaban J connectivity index is 1.66. The average Bonchev–Trinajstić information content (AvgIpc) is 3.17. The summed E-state index contributed by atoms with van der Waals surface area (Å²) in [5.74, 6) is -0.253. The fraction of sp³-hybridized carbons (Fsp3) is 0.500. The maximum Gasteiger partial charge on any atom is 0.290 e. The Labute approximate surface area is 115 Å². The zero-order valence-corrected chi connectivity index (χ0v) is 11.0. The van der Waals surface area contributed by atoms with Gasteiger partial charge in [0.15, 0.2) is 0 Å². The zero-order valence-electron chi connectivity index (χ0n) is 11.0. The summed E-state index contributed by atoms with van der Waals surface area (Å²) in [4.78, 5) is 17.3. The molecule has 2 aromatic heterocycles. The Hall–Kier alpha value is -2.22. The normalized spacial score (nSPS) is 19.5. The Morgan fingerprint density at radius 1 is 1.50 bits per heavy atom. The van der Waals surface area contributed by atoms with Crippen LogP contribution in [0.3, 0.4) is 0 Å². The third-order valence-electron chi connectivity index (χ3n) is 3.49. The molecule has 1 aliphatic heterocycles. The SMILES string of the molecule is NC(=O)c1noc([C@@H]2CCCN2CCn2cccn2)n1. The largest absolute Gasteiger partial charge is 0.363 e. The molecule has 8 nitrogen and oxygen atoms in total. The van der Waals surface area contributed by atoms with Crippen LogP contribution in [0.5, 0.6) is 0 Å². The number of nitrogens with two attached hydrogens (primary N) is 1. The van der Waals surface area contributed by atoms with E-state index in [1.165, 1.54) is 0 Å². The summed E-state index contributed by atoms with van der Waals surface area (Å²) in [7, 11) is 0. The molecule has 2 aromatic rings. The molecular weight excluding hydrogens is 260 g/mol. The molecule has 106 valence electrons. The lowest BCUT2D eigenvalue weighted by molar-refractivity contribution is 0.0987. The maximum absolute atomic E-state index is 11.0. The number of rotatable bonds is 5. The molecule has 0 aromatic carbocycles. The van der Waals surface area contributed by atoms with Gasteiger partial charge >= 0.3 is 0 Å².